The van der Waals surface area contributed by atoms with Crippen LogP contribution in [-0.2, 0) is 0 Å². The van der Waals surface area contributed by atoms with Crippen LogP contribution in [0.5, 0.6) is 11.5 Å². The standard InChI is InChI=1S/C20H23N5O2/c1-26-20-12-17(24-18(15-23)16(13-21)14-22)6-7-19(20)27-11-5-10-25-8-3-2-4-9-25/h6-7,12,24H,2-5,8-11H2,1H3. The number of rotatable bonds is 8. The summed E-state index contributed by atoms with van der Waals surface area (Å²) >= 11 is 0. The van der Waals surface area contributed by atoms with Gasteiger partial charge in [-0.25, -0.2) is 0 Å². The second-order valence-corrected chi connectivity index (χ2v) is 6.18. The van der Waals surface area contributed by atoms with E-state index in [2.05, 4.69) is 10.2 Å². The molecule has 1 heterocycles. The van der Waals surface area contributed by atoms with E-state index in [4.69, 9.17) is 25.3 Å². The molecule has 0 amide bonds. The van der Waals surface area contributed by atoms with Gasteiger partial charge in [0.15, 0.2) is 17.1 Å². The van der Waals surface area contributed by atoms with Gasteiger partial charge in [-0.1, -0.05) is 6.42 Å². The van der Waals surface area contributed by atoms with E-state index in [1.54, 1.807) is 30.3 Å². The summed E-state index contributed by atoms with van der Waals surface area (Å²) in [6, 6.07) is 10.4. The third-order valence-electron chi connectivity index (χ3n) is 4.34. The first-order valence-corrected chi connectivity index (χ1v) is 8.96. The van der Waals surface area contributed by atoms with Crippen molar-refractivity contribution in [2.75, 3.05) is 38.7 Å². The smallest absolute Gasteiger partial charge is 0.163 e. The van der Waals surface area contributed by atoms with Crippen molar-refractivity contribution in [2.24, 2.45) is 0 Å². The van der Waals surface area contributed by atoms with Gasteiger partial charge in [-0.05, 0) is 44.5 Å². The Labute approximate surface area is 160 Å². The molecule has 0 radical (unpaired) electrons. The lowest BCUT2D eigenvalue weighted by Gasteiger charge is -2.26. The first kappa shape index (κ1) is 20.1. The average molecular weight is 365 g/mol. The van der Waals surface area contributed by atoms with Crippen molar-refractivity contribution in [2.45, 2.75) is 25.7 Å². The first-order valence-electron chi connectivity index (χ1n) is 8.96. The highest BCUT2D eigenvalue weighted by atomic mass is 16.5. The van der Waals surface area contributed by atoms with Crippen molar-refractivity contribution in [3.8, 4) is 29.7 Å². The molecular formula is C20H23N5O2. The van der Waals surface area contributed by atoms with Gasteiger partial charge in [0.25, 0.3) is 0 Å². The van der Waals surface area contributed by atoms with E-state index >= 15 is 0 Å². The van der Waals surface area contributed by atoms with Gasteiger partial charge in [0.1, 0.15) is 23.9 Å². The first-order chi connectivity index (χ1) is 13.2. The normalized spacial score (nSPS) is 13.6. The van der Waals surface area contributed by atoms with Crippen molar-refractivity contribution < 1.29 is 9.47 Å². The van der Waals surface area contributed by atoms with E-state index in [0.29, 0.717) is 23.8 Å². The van der Waals surface area contributed by atoms with Crippen LogP contribution in [-0.4, -0.2) is 38.3 Å². The second kappa shape index (κ2) is 10.7. The zero-order chi connectivity index (χ0) is 19.5. The second-order valence-electron chi connectivity index (χ2n) is 6.18. The van der Waals surface area contributed by atoms with Crippen LogP contribution >= 0.6 is 0 Å². The van der Waals surface area contributed by atoms with Crippen molar-refractivity contribution in [3.63, 3.8) is 0 Å². The maximum absolute atomic E-state index is 9.12. The number of ether oxygens (including phenoxy) is 2. The maximum Gasteiger partial charge on any atom is 0.163 e. The van der Waals surface area contributed by atoms with E-state index in [-0.39, 0.29) is 11.3 Å². The number of benzene rings is 1. The quantitative estimate of drug-likeness (QED) is 0.557. The predicted molar refractivity (Wildman–Crippen MR) is 101 cm³/mol. The summed E-state index contributed by atoms with van der Waals surface area (Å²) in [5, 5.41) is 29.7. The number of hydrogen-bond donors (Lipinski definition) is 1. The van der Waals surface area contributed by atoms with Gasteiger partial charge >= 0.3 is 0 Å². The number of nitriles is 3. The van der Waals surface area contributed by atoms with Gasteiger partial charge in [-0.15, -0.1) is 0 Å². The fourth-order valence-electron chi connectivity index (χ4n) is 2.95. The Morgan fingerprint density at radius 1 is 1.07 bits per heavy atom. The van der Waals surface area contributed by atoms with Crippen LogP contribution in [0.25, 0.3) is 0 Å². The van der Waals surface area contributed by atoms with Gasteiger partial charge in [0.05, 0.1) is 13.7 Å². The summed E-state index contributed by atoms with van der Waals surface area (Å²) in [4.78, 5) is 2.47. The van der Waals surface area contributed by atoms with Crippen LogP contribution in [0.4, 0.5) is 5.69 Å². The number of hydrogen-bond acceptors (Lipinski definition) is 7. The van der Waals surface area contributed by atoms with Gasteiger partial charge in [0.2, 0.25) is 0 Å². The molecule has 1 aromatic rings. The minimum absolute atomic E-state index is 0.0998. The summed E-state index contributed by atoms with van der Waals surface area (Å²) in [5.74, 6) is 1.13. The van der Waals surface area contributed by atoms with E-state index in [1.165, 1.54) is 39.5 Å². The molecule has 2 rings (SSSR count). The number of allylic oxidation sites excluding steroid dienone is 2. The van der Waals surface area contributed by atoms with Gasteiger partial charge in [0, 0.05) is 18.3 Å². The van der Waals surface area contributed by atoms with E-state index in [1.807, 2.05) is 6.07 Å². The van der Waals surface area contributed by atoms with E-state index in [9.17, 15) is 0 Å². The van der Waals surface area contributed by atoms with Crippen LogP contribution in [0.3, 0.4) is 0 Å². The number of methoxy groups -OCH3 is 1. The molecular weight excluding hydrogens is 342 g/mol. The molecule has 0 atom stereocenters. The lowest BCUT2D eigenvalue weighted by atomic mass is 10.1. The number of anilines is 1. The Morgan fingerprint density at radius 2 is 1.81 bits per heavy atom. The third-order valence-corrected chi connectivity index (χ3v) is 4.34. The third kappa shape index (κ3) is 5.92. The molecule has 0 saturated carbocycles. The molecule has 0 unspecified atom stereocenters. The lowest BCUT2D eigenvalue weighted by Crippen LogP contribution is -2.31. The average Bonchev–Trinajstić information content (AvgIpc) is 2.72. The van der Waals surface area contributed by atoms with Crippen LogP contribution in [0.1, 0.15) is 25.7 Å². The largest absolute Gasteiger partial charge is 0.493 e. The maximum atomic E-state index is 9.12. The molecule has 7 nitrogen and oxygen atoms in total. The summed E-state index contributed by atoms with van der Waals surface area (Å²) in [5.41, 5.74) is 0.166. The Hall–Kier alpha value is -3.21. The van der Waals surface area contributed by atoms with Crippen LogP contribution in [0.15, 0.2) is 29.5 Å². The Bertz CT molecular complexity index is 776. The SMILES string of the molecule is COc1cc(NC(C#N)=C(C#N)C#N)ccc1OCCCN1CCCCC1. The number of piperidine rings is 1. The molecule has 1 fully saturated rings. The molecule has 140 valence electrons. The van der Waals surface area contributed by atoms with Gasteiger partial charge in [-0.2, -0.15) is 15.8 Å². The molecule has 1 N–H and O–H groups in total. The van der Waals surface area contributed by atoms with Crippen molar-refractivity contribution in [1.82, 2.24) is 4.90 Å². The molecule has 0 aromatic heterocycles. The highest BCUT2D eigenvalue weighted by Crippen LogP contribution is 2.31. The predicted octanol–water partition coefficient (Wildman–Crippen LogP) is 3.19. The number of likely N-dealkylation sites (tertiary alicyclic amines) is 1. The Balaban J connectivity index is 1.95. The number of nitrogens with one attached hydrogen (secondary N) is 1. The molecule has 1 aliphatic heterocycles. The molecule has 0 spiro atoms. The lowest BCUT2D eigenvalue weighted by molar-refractivity contribution is 0.203. The fourth-order valence-corrected chi connectivity index (χ4v) is 2.95. The monoisotopic (exact) mass is 365 g/mol. The van der Waals surface area contributed by atoms with Crippen LogP contribution in [0, 0.1) is 34.0 Å². The van der Waals surface area contributed by atoms with Crippen molar-refractivity contribution in [3.05, 3.63) is 29.5 Å². The zero-order valence-corrected chi connectivity index (χ0v) is 15.5. The molecule has 0 bridgehead atoms. The highest BCUT2D eigenvalue weighted by Gasteiger charge is 2.11. The van der Waals surface area contributed by atoms with E-state index in [0.717, 1.165) is 13.0 Å². The minimum Gasteiger partial charge on any atom is -0.493 e. The zero-order valence-electron chi connectivity index (χ0n) is 15.5. The Kier molecular flexibility index (Phi) is 7.97. The van der Waals surface area contributed by atoms with Crippen LogP contribution < -0.4 is 14.8 Å². The molecule has 0 aliphatic carbocycles. The Morgan fingerprint density at radius 3 is 2.44 bits per heavy atom. The van der Waals surface area contributed by atoms with E-state index < -0.39 is 0 Å². The molecule has 1 aliphatic rings. The summed E-state index contributed by atoms with van der Waals surface area (Å²) in [6.45, 7) is 3.97. The van der Waals surface area contributed by atoms with Crippen molar-refractivity contribution in [1.29, 1.82) is 15.8 Å². The van der Waals surface area contributed by atoms with Gasteiger partial charge < -0.3 is 19.7 Å². The van der Waals surface area contributed by atoms with Crippen molar-refractivity contribution >= 4 is 5.69 Å². The van der Waals surface area contributed by atoms with Gasteiger partial charge in [-0.3, -0.25) is 0 Å². The minimum atomic E-state index is -0.269. The topological polar surface area (TPSA) is 105 Å². The molecule has 7 heteroatoms. The molecule has 27 heavy (non-hydrogen) atoms. The van der Waals surface area contributed by atoms with Crippen LogP contribution in [0.2, 0.25) is 0 Å². The summed E-state index contributed by atoms with van der Waals surface area (Å²) < 4.78 is 11.2. The molecule has 1 aromatic carbocycles. The number of nitrogens with zero attached hydrogens (tertiary/aromatic N) is 4. The molecule has 1 saturated heterocycles. The fraction of sp³-hybridized carbons (Fsp3) is 0.450. The summed E-state index contributed by atoms with van der Waals surface area (Å²) in [7, 11) is 1.54. The highest BCUT2D eigenvalue weighted by molar-refractivity contribution is 5.62. The summed E-state index contributed by atoms with van der Waals surface area (Å²) in [6.07, 6.45) is 4.83.